The Labute approximate surface area is 68.0 Å². The number of rotatable bonds is 2. The van der Waals surface area contributed by atoms with Gasteiger partial charge in [-0.1, -0.05) is 19.2 Å². The molecular weight excluding hydrogens is 169 g/mol. The summed E-state index contributed by atoms with van der Waals surface area (Å²) in [4.78, 5) is 0. The van der Waals surface area contributed by atoms with Crippen LogP contribution in [0.15, 0.2) is 36.2 Å². The molecule has 0 unspecified atom stereocenters. The van der Waals surface area contributed by atoms with Crippen LogP contribution in [0.3, 0.4) is 0 Å². The summed E-state index contributed by atoms with van der Waals surface area (Å²) in [7, 11) is 0. The third-order valence-electron chi connectivity index (χ3n) is 1.15. The van der Waals surface area contributed by atoms with Gasteiger partial charge >= 0.3 is 6.18 Å². The number of hydrogen-bond donors (Lipinski definition) is 2. The fourth-order valence-electron chi connectivity index (χ4n) is 0.551. The van der Waals surface area contributed by atoms with Crippen molar-refractivity contribution < 1.29 is 13.2 Å². The summed E-state index contributed by atoms with van der Waals surface area (Å²) in [5, 5.41) is 0. The van der Waals surface area contributed by atoms with Crippen molar-refractivity contribution in [3.63, 3.8) is 0 Å². The first-order valence-corrected chi connectivity index (χ1v) is 2.94. The van der Waals surface area contributed by atoms with E-state index in [0.29, 0.717) is 6.08 Å². The van der Waals surface area contributed by atoms with E-state index in [2.05, 4.69) is 13.2 Å². The summed E-state index contributed by atoms with van der Waals surface area (Å²) in [6.07, 6.45) is -3.93. The molecular formula is C7H9F3N2. The Hall–Kier alpha value is -1.39. The maximum absolute atomic E-state index is 12.0. The van der Waals surface area contributed by atoms with Gasteiger partial charge in [0.2, 0.25) is 0 Å². The lowest BCUT2D eigenvalue weighted by Crippen LogP contribution is -2.19. The standard InChI is InChI=1S/C7H9F3N2/c1-3-5(7(8,9)10)6(12)4(2)11/h3H,1-2,11-12H2/b6-5-. The number of alkyl halides is 3. The van der Waals surface area contributed by atoms with Crippen LogP contribution in [-0.4, -0.2) is 6.18 Å². The van der Waals surface area contributed by atoms with Gasteiger partial charge in [0.15, 0.2) is 0 Å². The Morgan fingerprint density at radius 2 is 1.67 bits per heavy atom. The average Bonchev–Trinajstić information content (AvgIpc) is 1.85. The zero-order valence-electron chi connectivity index (χ0n) is 6.28. The lowest BCUT2D eigenvalue weighted by molar-refractivity contribution is -0.0888. The maximum Gasteiger partial charge on any atom is 0.418 e. The van der Waals surface area contributed by atoms with Gasteiger partial charge in [-0.15, -0.1) is 0 Å². The summed E-state index contributed by atoms with van der Waals surface area (Å²) >= 11 is 0. The van der Waals surface area contributed by atoms with Crippen LogP contribution in [0.4, 0.5) is 13.2 Å². The van der Waals surface area contributed by atoms with Crippen LogP contribution in [0.2, 0.25) is 0 Å². The van der Waals surface area contributed by atoms with E-state index in [0.717, 1.165) is 0 Å². The topological polar surface area (TPSA) is 52.0 Å². The molecule has 4 N–H and O–H groups in total. The van der Waals surface area contributed by atoms with E-state index in [4.69, 9.17) is 11.5 Å². The van der Waals surface area contributed by atoms with Gasteiger partial charge in [-0.25, -0.2) is 0 Å². The summed E-state index contributed by atoms with van der Waals surface area (Å²) in [6.45, 7) is 6.06. The number of halogens is 3. The van der Waals surface area contributed by atoms with Crippen molar-refractivity contribution in [2.24, 2.45) is 11.5 Å². The van der Waals surface area contributed by atoms with E-state index >= 15 is 0 Å². The molecule has 0 rings (SSSR count). The molecule has 0 aliphatic carbocycles. The molecule has 0 aromatic heterocycles. The highest BCUT2D eigenvalue weighted by Crippen LogP contribution is 2.28. The van der Waals surface area contributed by atoms with Crippen molar-refractivity contribution in [2.45, 2.75) is 6.18 Å². The van der Waals surface area contributed by atoms with Crippen LogP contribution < -0.4 is 11.5 Å². The highest BCUT2D eigenvalue weighted by molar-refractivity contribution is 5.36. The zero-order valence-corrected chi connectivity index (χ0v) is 6.28. The van der Waals surface area contributed by atoms with Crippen molar-refractivity contribution in [1.29, 1.82) is 0 Å². The predicted molar refractivity (Wildman–Crippen MR) is 40.8 cm³/mol. The molecule has 0 aromatic carbocycles. The quantitative estimate of drug-likeness (QED) is 0.628. The lowest BCUT2D eigenvalue weighted by atomic mass is 10.1. The molecule has 0 atom stereocenters. The summed E-state index contributed by atoms with van der Waals surface area (Å²) in [6, 6.07) is 0. The molecule has 5 heteroatoms. The van der Waals surface area contributed by atoms with Gasteiger partial charge in [-0.2, -0.15) is 13.2 Å². The number of hydrogen-bond acceptors (Lipinski definition) is 2. The van der Waals surface area contributed by atoms with Gasteiger partial charge in [0, 0.05) is 5.70 Å². The maximum atomic E-state index is 12.0. The fraction of sp³-hybridized carbons (Fsp3) is 0.143. The predicted octanol–water partition coefficient (Wildman–Crippen LogP) is 1.42. The normalized spacial score (nSPS) is 13.6. The molecule has 0 bridgehead atoms. The molecule has 0 aliphatic heterocycles. The van der Waals surface area contributed by atoms with Crippen molar-refractivity contribution in [3.8, 4) is 0 Å². The molecule has 0 aliphatic rings. The lowest BCUT2D eigenvalue weighted by Gasteiger charge is -2.10. The molecule has 0 spiro atoms. The van der Waals surface area contributed by atoms with Crippen molar-refractivity contribution in [2.75, 3.05) is 0 Å². The van der Waals surface area contributed by atoms with Gasteiger partial charge in [0.1, 0.15) is 0 Å². The van der Waals surface area contributed by atoms with E-state index in [1.807, 2.05) is 0 Å². The van der Waals surface area contributed by atoms with Gasteiger partial charge in [0.25, 0.3) is 0 Å². The Balaban J connectivity index is 5.14. The first kappa shape index (κ1) is 10.6. The monoisotopic (exact) mass is 178 g/mol. The second-order valence-electron chi connectivity index (χ2n) is 2.05. The van der Waals surface area contributed by atoms with E-state index in [9.17, 15) is 13.2 Å². The van der Waals surface area contributed by atoms with E-state index in [-0.39, 0.29) is 5.70 Å². The van der Waals surface area contributed by atoms with Crippen LogP contribution in [0.25, 0.3) is 0 Å². The van der Waals surface area contributed by atoms with Crippen LogP contribution >= 0.6 is 0 Å². The Morgan fingerprint density at radius 3 is 1.75 bits per heavy atom. The van der Waals surface area contributed by atoms with Gasteiger partial charge in [-0.05, 0) is 0 Å². The highest BCUT2D eigenvalue weighted by Gasteiger charge is 2.33. The average molecular weight is 178 g/mol. The molecule has 2 nitrogen and oxygen atoms in total. The Kier molecular flexibility index (Phi) is 2.95. The van der Waals surface area contributed by atoms with Crippen LogP contribution in [0.5, 0.6) is 0 Å². The highest BCUT2D eigenvalue weighted by atomic mass is 19.4. The molecule has 0 saturated heterocycles. The van der Waals surface area contributed by atoms with Crippen LogP contribution in [-0.2, 0) is 0 Å². The zero-order chi connectivity index (χ0) is 9.94. The van der Waals surface area contributed by atoms with E-state index in [1.54, 1.807) is 0 Å². The molecule has 0 radical (unpaired) electrons. The minimum absolute atomic E-state index is 0.317. The van der Waals surface area contributed by atoms with E-state index in [1.165, 1.54) is 0 Å². The molecule has 0 amide bonds. The summed E-state index contributed by atoms with van der Waals surface area (Å²) in [5.41, 5.74) is 8.04. The molecule has 12 heavy (non-hydrogen) atoms. The first-order chi connectivity index (χ1) is 5.30. The minimum atomic E-state index is -4.53. The van der Waals surface area contributed by atoms with Crippen LogP contribution in [0.1, 0.15) is 0 Å². The smallest absolute Gasteiger partial charge is 0.398 e. The largest absolute Gasteiger partial charge is 0.418 e. The second kappa shape index (κ2) is 3.34. The van der Waals surface area contributed by atoms with Crippen molar-refractivity contribution >= 4 is 0 Å². The Bertz CT molecular complexity index is 238. The first-order valence-electron chi connectivity index (χ1n) is 2.94. The third kappa shape index (κ3) is 2.34. The van der Waals surface area contributed by atoms with Crippen LogP contribution in [0, 0.1) is 0 Å². The molecule has 68 valence electrons. The molecule has 0 heterocycles. The fourth-order valence-corrected chi connectivity index (χ4v) is 0.551. The second-order valence-corrected chi connectivity index (χ2v) is 2.05. The molecule has 0 fully saturated rings. The molecule has 0 saturated carbocycles. The number of allylic oxidation sites excluding steroid dienone is 2. The van der Waals surface area contributed by atoms with E-state index < -0.39 is 17.4 Å². The summed E-state index contributed by atoms with van der Waals surface area (Å²) < 4.78 is 36.1. The minimum Gasteiger partial charge on any atom is -0.398 e. The van der Waals surface area contributed by atoms with Crippen molar-refractivity contribution in [3.05, 3.63) is 36.2 Å². The SMILES string of the molecule is C=C/C(=C(/N)C(=C)N)C(F)(F)F. The number of nitrogens with two attached hydrogens (primary N) is 2. The van der Waals surface area contributed by atoms with Crippen molar-refractivity contribution in [1.82, 2.24) is 0 Å². The van der Waals surface area contributed by atoms with Gasteiger partial charge in [-0.3, -0.25) is 0 Å². The third-order valence-corrected chi connectivity index (χ3v) is 1.15. The van der Waals surface area contributed by atoms with Gasteiger partial charge in [0.05, 0.1) is 11.3 Å². The van der Waals surface area contributed by atoms with Gasteiger partial charge < -0.3 is 11.5 Å². The Morgan fingerprint density at radius 1 is 1.25 bits per heavy atom. The molecule has 0 aromatic rings. The summed E-state index contributed by atoms with van der Waals surface area (Å²) in [5.74, 6) is 0.